The lowest BCUT2D eigenvalue weighted by Crippen LogP contribution is -2.32. The average Bonchev–Trinajstić information content (AvgIpc) is 2.32. The van der Waals surface area contributed by atoms with Crippen molar-refractivity contribution in [3.63, 3.8) is 0 Å². The van der Waals surface area contributed by atoms with Crippen molar-refractivity contribution in [3.8, 4) is 5.75 Å². The number of halogens is 1. The summed E-state index contributed by atoms with van der Waals surface area (Å²) in [5, 5.41) is 0. The molecule has 4 nitrogen and oxygen atoms in total. The number of nitrogens with two attached hydrogens (primary N) is 1. The van der Waals surface area contributed by atoms with Crippen LogP contribution in [0.4, 0.5) is 4.39 Å². The van der Waals surface area contributed by atoms with Crippen LogP contribution in [0.5, 0.6) is 5.75 Å². The molecule has 0 spiro atoms. The number of hydrogen-bond acceptors (Lipinski definition) is 4. The van der Waals surface area contributed by atoms with Gasteiger partial charge in [0.05, 0.1) is 19.8 Å². The summed E-state index contributed by atoms with van der Waals surface area (Å²) >= 11 is 0. The van der Waals surface area contributed by atoms with Gasteiger partial charge in [-0.2, -0.15) is 0 Å². The van der Waals surface area contributed by atoms with Crippen molar-refractivity contribution in [3.05, 3.63) is 29.6 Å². The Morgan fingerprint density at radius 3 is 2.81 bits per heavy atom. The van der Waals surface area contributed by atoms with E-state index in [1.54, 1.807) is 18.2 Å². The van der Waals surface area contributed by atoms with Gasteiger partial charge in [-0.25, -0.2) is 4.39 Å². The highest BCUT2D eigenvalue weighted by atomic mass is 19.1. The molecule has 3 N–H and O–H groups in total. The van der Waals surface area contributed by atoms with E-state index in [1.165, 1.54) is 7.11 Å². The minimum atomic E-state index is -0.410. The lowest BCUT2D eigenvalue weighted by Gasteiger charge is -2.17. The third-order valence-electron chi connectivity index (χ3n) is 2.28. The molecule has 0 aliphatic carbocycles. The molecular formula is C11H17FN2O2. The van der Waals surface area contributed by atoms with E-state index in [0.717, 1.165) is 0 Å². The van der Waals surface area contributed by atoms with Crippen LogP contribution in [0, 0.1) is 5.82 Å². The van der Waals surface area contributed by atoms with Gasteiger partial charge in [0, 0.05) is 12.2 Å². The van der Waals surface area contributed by atoms with Crippen LogP contribution < -0.4 is 16.0 Å². The molecular weight excluding hydrogens is 211 g/mol. The van der Waals surface area contributed by atoms with Gasteiger partial charge in [-0.15, -0.1) is 0 Å². The maximum absolute atomic E-state index is 13.9. The van der Waals surface area contributed by atoms with Crippen LogP contribution in [0.25, 0.3) is 0 Å². The Balaban J connectivity index is 2.91. The van der Waals surface area contributed by atoms with Crippen LogP contribution in [0.3, 0.4) is 0 Å². The van der Waals surface area contributed by atoms with E-state index in [-0.39, 0.29) is 11.8 Å². The first kappa shape index (κ1) is 12.9. The van der Waals surface area contributed by atoms with E-state index in [9.17, 15) is 4.39 Å². The lowest BCUT2D eigenvalue weighted by molar-refractivity contribution is 0.122. The molecule has 0 heterocycles. The Kier molecular flexibility index (Phi) is 5.18. The molecule has 0 saturated heterocycles. The second-order valence-corrected chi connectivity index (χ2v) is 3.24. The fourth-order valence-electron chi connectivity index (χ4n) is 1.42. The Morgan fingerprint density at radius 1 is 1.50 bits per heavy atom. The number of methoxy groups -OCH3 is 1. The van der Waals surface area contributed by atoms with Gasteiger partial charge in [0.1, 0.15) is 0 Å². The molecule has 0 aromatic heterocycles. The van der Waals surface area contributed by atoms with Crippen LogP contribution >= 0.6 is 0 Å². The molecule has 5 heteroatoms. The third-order valence-corrected chi connectivity index (χ3v) is 2.28. The highest BCUT2D eigenvalue weighted by Crippen LogP contribution is 2.24. The van der Waals surface area contributed by atoms with E-state index < -0.39 is 5.82 Å². The van der Waals surface area contributed by atoms with Gasteiger partial charge in [-0.05, 0) is 13.0 Å². The second kappa shape index (κ2) is 6.42. The van der Waals surface area contributed by atoms with E-state index in [1.807, 2.05) is 6.92 Å². The van der Waals surface area contributed by atoms with Crippen molar-refractivity contribution in [2.45, 2.75) is 13.0 Å². The maximum Gasteiger partial charge on any atom is 0.169 e. The zero-order chi connectivity index (χ0) is 12.0. The average molecular weight is 228 g/mol. The van der Waals surface area contributed by atoms with Crippen LogP contribution in [0.15, 0.2) is 18.2 Å². The summed E-state index contributed by atoms with van der Waals surface area (Å²) in [6.45, 7) is 2.75. The molecule has 0 amide bonds. The van der Waals surface area contributed by atoms with Gasteiger partial charge in [-0.1, -0.05) is 12.1 Å². The first-order chi connectivity index (χ1) is 7.74. The smallest absolute Gasteiger partial charge is 0.169 e. The van der Waals surface area contributed by atoms with Crippen molar-refractivity contribution in [1.82, 2.24) is 5.43 Å². The zero-order valence-corrected chi connectivity index (χ0v) is 9.50. The number of rotatable bonds is 6. The number of nitrogens with one attached hydrogen (secondary N) is 1. The van der Waals surface area contributed by atoms with Crippen molar-refractivity contribution < 1.29 is 13.9 Å². The van der Waals surface area contributed by atoms with Gasteiger partial charge >= 0.3 is 0 Å². The fraction of sp³-hybridized carbons (Fsp3) is 0.455. The van der Waals surface area contributed by atoms with Crippen LogP contribution in [0.1, 0.15) is 18.5 Å². The summed E-state index contributed by atoms with van der Waals surface area (Å²) in [6, 6.07) is 4.55. The van der Waals surface area contributed by atoms with E-state index in [4.69, 9.17) is 15.3 Å². The largest absolute Gasteiger partial charge is 0.494 e. The maximum atomic E-state index is 13.9. The quantitative estimate of drug-likeness (QED) is 0.570. The molecule has 1 aromatic carbocycles. The van der Waals surface area contributed by atoms with Gasteiger partial charge < -0.3 is 9.47 Å². The van der Waals surface area contributed by atoms with E-state index >= 15 is 0 Å². The summed E-state index contributed by atoms with van der Waals surface area (Å²) in [5.41, 5.74) is 2.96. The predicted octanol–water partition coefficient (Wildman–Crippen LogP) is 1.38. The number of hydrazine groups is 1. The molecule has 90 valence electrons. The molecule has 1 aromatic rings. The monoisotopic (exact) mass is 228 g/mol. The van der Waals surface area contributed by atoms with Crippen molar-refractivity contribution in [2.24, 2.45) is 5.84 Å². The standard InChI is InChI=1S/C11H17FN2O2/c1-3-16-7-9(14-13)8-5-4-6-10(15-2)11(8)12/h4-6,9,14H,3,7,13H2,1-2H3. The fourth-order valence-corrected chi connectivity index (χ4v) is 1.42. The zero-order valence-electron chi connectivity index (χ0n) is 9.50. The highest BCUT2D eigenvalue weighted by molar-refractivity contribution is 5.33. The molecule has 0 saturated carbocycles. The van der Waals surface area contributed by atoms with Crippen LogP contribution in [-0.2, 0) is 4.74 Å². The number of benzene rings is 1. The highest BCUT2D eigenvalue weighted by Gasteiger charge is 2.17. The minimum Gasteiger partial charge on any atom is -0.494 e. The molecule has 1 atom stereocenters. The summed E-state index contributed by atoms with van der Waals surface area (Å²) < 4.78 is 24.0. The van der Waals surface area contributed by atoms with Crippen molar-refractivity contribution in [1.29, 1.82) is 0 Å². The third kappa shape index (κ3) is 2.91. The summed E-state index contributed by atoms with van der Waals surface area (Å²) in [5.74, 6) is 5.16. The first-order valence-corrected chi connectivity index (χ1v) is 5.10. The number of hydrogen-bond donors (Lipinski definition) is 2. The lowest BCUT2D eigenvalue weighted by atomic mass is 10.1. The molecule has 0 radical (unpaired) electrons. The van der Waals surface area contributed by atoms with E-state index in [2.05, 4.69) is 5.43 Å². The van der Waals surface area contributed by atoms with Crippen molar-refractivity contribution in [2.75, 3.05) is 20.3 Å². The Labute approximate surface area is 94.5 Å². The molecule has 0 aliphatic rings. The summed E-state index contributed by atoms with van der Waals surface area (Å²) in [6.07, 6.45) is 0. The molecule has 16 heavy (non-hydrogen) atoms. The van der Waals surface area contributed by atoms with E-state index in [0.29, 0.717) is 18.8 Å². The summed E-state index contributed by atoms with van der Waals surface area (Å²) in [4.78, 5) is 0. The number of ether oxygens (including phenoxy) is 2. The summed E-state index contributed by atoms with van der Waals surface area (Å²) in [7, 11) is 1.43. The minimum absolute atomic E-state index is 0.203. The Morgan fingerprint density at radius 2 is 2.25 bits per heavy atom. The second-order valence-electron chi connectivity index (χ2n) is 3.24. The normalized spacial score (nSPS) is 12.5. The van der Waals surface area contributed by atoms with Gasteiger partial charge in [0.15, 0.2) is 11.6 Å². The van der Waals surface area contributed by atoms with Crippen LogP contribution in [0.2, 0.25) is 0 Å². The van der Waals surface area contributed by atoms with Crippen LogP contribution in [-0.4, -0.2) is 20.3 Å². The molecule has 0 bridgehead atoms. The van der Waals surface area contributed by atoms with Crippen molar-refractivity contribution >= 4 is 0 Å². The SMILES string of the molecule is CCOCC(NN)c1cccc(OC)c1F. The Hall–Kier alpha value is -1.17. The molecule has 1 unspecified atom stereocenters. The molecule has 0 fully saturated rings. The topological polar surface area (TPSA) is 56.5 Å². The first-order valence-electron chi connectivity index (χ1n) is 5.10. The predicted molar refractivity (Wildman–Crippen MR) is 59.5 cm³/mol. The molecule has 1 rings (SSSR count). The van der Waals surface area contributed by atoms with Gasteiger partial charge in [0.2, 0.25) is 0 Å². The Bertz CT molecular complexity index is 334. The van der Waals surface area contributed by atoms with Gasteiger partial charge in [-0.3, -0.25) is 11.3 Å². The van der Waals surface area contributed by atoms with Gasteiger partial charge in [0.25, 0.3) is 0 Å². The molecule has 0 aliphatic heterocycles.